The summed E-state index contributed by atoms with van der Waals surface area (Å²) in [6.07, 6.45) is 0.427. The van der Waals surface area contributed by atoms with E-state index in [9.17, 15) is 4.79 Å². The summed E-state index contributed by atoms with van der Waals surface area (Å²) in [6, 6.07) is 4.18. The van der Waals surface area contributed by atoms with E-state index < -0.39 is 5.60 Å². The Morgan fingerprint density at radius 2 is 1.96 bits per heavy atom. The van der Waals surface area contributed by atoms with Crippen molar-refractivity contribution in [1.29, 1.82) is 0 Å². The lowest BCUT2D eigenvalue weighted by Gasteiger charge is -2.30. The number of hydrogen-bond acceptors (Lipinski definition) is 4. The first-order valence-corrected chi connectivity index (χ1v) is 9.22. The minimum atomic E-state index is -0.509. The maximum absolute atomic E-state index is 12.5. The maximum atomic E-state index is 12.5. The third-order valence-electron chi connectivity index (χ3n) is 4.91. The summed E-state index contributed by atoms with van der Waals surface area (Å²) in [5.41, 5.74) is 6.65. The van der Waals surface area contributed by atoms with Crippen molar-refractivity contribution in [3.63, 3.8) is 0 Å². The van der Waals surface area contributed by atoms with Crippen LogP contribution in [-0.4, -0.2) is 43.3 Å². The molecule has 1 aliphatic heterocycles. The number of carbonyl (C=O) groups excluding carboxylic acids is 1. The Morgan fingerprint density at radius 1 is 1.22 bits per heavy atom. The van der Waals surface area contributed by atoms with Crippen molar-refractivity contribution >= 4 is 17.1 Å². The van der Waals surface area contributed by atoms with E-state index in [0.717, 1.165) is 40.2 Å². The van der Waals surface area contributed by atoms with Crippen molar-refractivity contribution in [2.24, 2.45) is 0 Å². The SMILES string of the molecule is Cc1cc2nc(-c3n[nH]c4c3CN(C(=O)OC(C)(C)C)CC4)[nH]c2cc1C. The van der Waals surface area contributed by atoms with Crippen LogP contribution in [0.15, 0.2) is 12.1 Å². The van der Waals surface area contributed by atoms with Crippen molar-refractivity contribution < 1.29 is 9.53 Å². The average Bonchev–Trinajstić information content (AvgIpc) is 3.16. The number of aryl methyl sites for hydroxylation is 2. The molecule has 27 heavy (non-hydrogen) atoms. The van der Waals surface area contributed by atoms with Crippen molar-refractivity contribution in [1.82, 2.24) is 25.1 Å². The van der Waals surface area contributed by atoms with Crippen LogP contribution in [0, 0.1) is 13.8 Å². The number of ether oxygens (including phenoxy) is 1. The van der Waals surface area contributed by atoms with E-state index >= 15 is 0 Å². The van der Waals surface area contributed by atoms with Gasteiger partial charge in [-0.3, -0.25) is 5.10 Å². The first-order chi connectivity index (χ1) is 12.7. The summed E-state index contributed by atoms with van der Waals surface area (Å²) in [7, 11) is 0. The predicted molar refractivity (Wildman–Crippen MR) is 103 cm³/mol. The van der Waals surface area contributed by atoms with Crippen LogP contribution in [0.5, 0.6) is 0 Å². The largest absolute Gasteiger partial charge is 0.444 e. The molecule has 0 aliphatic carbocycles. The first kappa shape index (κ1) is 17.6. The highest BCUT2D eigenvalue weighted by molar-refractivity contribution is 5.81. The van der Waals surface area contributed by atoms with E-state index in [1.54, 1.807) is 4.90 Å². The van der Waals surface area contributed by atoms with Crippen LogP contribution in [0.1, 0.15) is 43.2 Å². The van der Waals surface area contributed by atoms with Gasteiger partial charge in [0.15, 0.2) is 5.82 Å². The number of imidazole rings is 1. The lowest BCUT2D eigenvalue weighted by molar-refractivity contribution is 0.0224. The van der Waals surface area contributed by atoms with E-state index in [-0.39, 0.29) is 6.09 Å². The molecule has 0 saturated heterocycles. The molecule has 1 aliphatic rings. The van der Waals surface area contributed by atoms with Crippen LogP contribution in [0.2, 0.25) is 0 Å². The number of carbonyl (C=O) groups is 1. The molecule has 0 atom stereocenters. The van der Waals surface area contributed by atoms with Gasteiger partial charge in [0.2, 0.25) is 0 Å². The molecule has 3 heterocycles. The second-order valence-electron chi connectivity index (χ2n) is 8.22. The van der Waals surface area contributed by atoms with E-state index in [2.05, 4.69) is 41.2 Å². The minimum absolute atomic E-state index is 0.295. The highest BCUT2D eigenvalue weighted by Gasteiger charge is 2.29. The van der Waals surface area contributed by atoms with Crippen LogP contribution in [-0.2, 0) is 17.7 Å². The zero-order chi connectivity index (χ0) is 19.3. The van der Waals surface area contributed by atoms with E-state index in [1.807, 2.05) is 20.8 Å². The molecule has 0 spiro atoms. The topological polar surface area (TPSA) is 86.9 Å². The van der Waals surface area contributed by atoms with Gasteiger partial charge < -0.3 is 14.6 Å². The minimum Gasteiger partial charge on any atom is -0.444 e. The number of rotatable bonds is 1. The Morgan fingerprint density at radius 3 is 2.70 bits per heavy atom. The molecule has 142 valence electrons. The Bertz CT molecular complexity index is 986. The van der Waals surface area contributed by atoms with Crippen molar-refractivity contribution in [3.05, 3.63) is 34.5 Å². The average molecular weight is 367 g/mol. The lowest BCUT2D eigenvalue weighted by atomic mass is 10.1. The first-order valence-electron chi connectivity index (χ1n) is 9.22. The van der Waals surface area contributed by atoms with Gasteiger partial charge in [-0.15, -0.1) is 0 Å². The molecule has 3 aromatic rings. The van der Waals surface area contributed by atoms with Gasteiger partial charge in [-0.1, -0.05) is 0 Å². The zero-order valence-corrected chi connectivity index (χ0v) is 16.4. The quantitative estimate of drug-likeness (QED) is 0.684. The molecule has 0 bridgehead atoms. The standard InChI is InChI=1S/C20H25N5O2/c1-11-8-15-16(9-12(11)2)22-18(21-15)17-13-10-25(7-6-14(13)23-24-17)19(26)27-20(3,4)5/h8-9H,6-7,10H2,1-5H3,(H,21,22)(H,23,24). The molecule has 2 N–H and O–H groups in total. The Hall–Kier alpha value is -2.83. The number of nitrogens with zero attached hydrogens (tertiary/aromatic N) is 3. The highest BCUT2D eigenvalue weighted by Crippen LogP contribution is 2.29. The number of benzene rings is 1. The molecular weight excluding hydrogens is 342 g/mol. The normalized spacial score (nSPS) is 14.5. The van der Waals surface area contributed by atoms with Gasteiger partial charge >= 0.3 is 6.09 Å². The number of fused-ring (bicyclic) bond motifs is 2. The van der Waals surface area contributed by atoms with Gasteiger partial charge in [-0.2, -0.15) is 5.10 Å². The fourth-order valence-corrected chi connectivity index (χ4v) is 3.35. The van der Waals surface area contributed by atoms with Gasteiger partial charge in [0.05, 0.1) is 17.6 Å². The highest BCUT2D eigenvalue weighted by atomic mass is 16.6. The molecule has 4 rings (SSSR count). The van der Waals surface area contributed by atoms with Crippen molar-refractivity contribution in [3.8, 4) is 11.5 Å². The summed E-state index contributed by atoms with van der Waals surface area (Å²) >= 11 is 0. The molecule has 1 amide bonds. The molecule has 7 nitrogen and oxygen atoms in total. The molecular formula is C20H25N5O2. The third-order valence-corrected chi connectivity index (χ3v) is 4.91. The van der Waals surface area contributed by atoms with Crippen LogP contribution in [0.25, 0.3) is 22.6 Å². The zero-order valence-electron chi connectivity index (χ0n) is 16.4. The summed E-state index contributed by atoms with van der Waals surface area (Å²) in [4.78, 5) is 22.3. The monoisotopic (exact) mass is 367 g/mol. The molecule has 2 aromatic heterocycles. The lowest BCUT2D eigenvalue weighted by Crippen LogP contribution is -2.39. The third kappa shape index (κ3) is 3.29. The maximum Gasteiger partial charge on any atom is 0.410 e. The van der Waals surface area contributed by atoms with Gasteiger partial charge in [-0.05, 0) is 57.9 Å². The molecule has 0 unspecified atom stereocenters. The Balaban J connectivity index is 1.66. The van der Waals surface area contributed by atoms with Crippen molar-refractivity contribution in [2.75, 3.05) is 6.54 Å². The number of nitrogens with one attached hydrogen (secondary N) is 2. The second kappa shape index (κ2) is 6.11. The van der Waals surface area contributed by atoms with Gasteiger partial charge in [0, 0.05) is 24.2 Å². The summed E-state index contributed by atoms with van der Waals surface area (Å²) in [6.45, 7) is 10.9. The Kier molecular flexibility index (Phi) is 3.98. The molecule has 7 heteroatoms. The number of amides is 1. The summed E-state index contributed by atoms with van der Waals surface area (Å²) in [5, 5.41) is 7.59. The van der Waals surface area contributed by atoms with Crippen molar-refractivity contribution in [2.45, 2.75) is 53.2 Å². The molecule has 0 saturated carbocycles. The van der Waals surface area contributed by atoms with Gasteiger partial charge in [0.1, 0.15) is 11.3 Å². The van der Waals surface area contributed by atoms with Crippen LogP contribution < -0.4 is 0 Å². The van der Waals surface area contributed by atoms with E-state index in [4.69, 9.17) is 9.72 Å². The Labute approximate surface area is 158 Å². The number of aromatic nitrogens is 4. The summed E-state index contributed by atoms with van der Waals surface area (Å²) in [5.74, 6) is 0.721. The fourth-order valence-electron chi connectivity index (χ4n) is 3.35. The second-order valence-corrected chi connectivity index (χ2v) is 8.22. The summed E-state index contributed by atoms with van der Waals surface area (Å²) < 4.78 is 5.52. The van der Waals surface area contributed by atoms with Gasteiger partial charge in [-0.25, -0.2) is 9.78 Å². The van der Waals surface area contributed by atoms with Crippen LogP contribution in [0.4, 0.5) is 4.79 Å². The van der Waals surface area contributed by atoms with E-state index in [0.29, 0.717) is 13.1 Å². The van der Waals surface area contributed by atoms with Gasteiger partial charge in [0.25, 0.3) is 0 Å². The molecule has 1 aromatic carbocycles. The van der Waals surface area contributed by atoms with E-state index in [1.165, 1.54) is 11.1 Å². The van der Waals surface area contributed by atoms with Crippen LogP contribution in [0.3, 0.4) is 0 Å². The molecule has 0 radical (unpaired) electrons. The fraction of sp³-hybridized carbons (Fsp3) is 0.450. The number of hydrogen-bond donors (Lipinski definition) is 2. The number of H-pyrrole nitrogens is 2. The number of aromatic amines is 2. The predicted octanol–water partition coefficient (Wildman–Crippen LogP) is 3.86. The van der Waals surface area contributed by atoms with Crippen LogP contribution >= 0.6 is 0 Å². The molecule has 0 fully saturated rings. The smallest absolute Gasteiger partial charge is 0.410 e.